The van der Waals surface area contributed by atoms with Gasteiger partial charge in [0.25, 0.3) is 0 Å². The molecule has 6 heteroatoms. The van der Waals surface area contributed by atoms with Crippen LogP contribution in [-0.2, 0) is 14.0 Å². The number of rotatable bonds is 5. The topological polar surface area (TPSA) is 49.8 Å². The Kier molecular flexibility index (Phi) is 4.61. The van der Waals surface area contributed by atoms with Gasteiger partial charge in [0.1, 0.15) is 6.10 Å². The SMILES string of the molecule is COCC(C)Oc1ccc(B2OC(C)(C)C(C)(C)O2)cn1. The van der Waals surface area contributed by atoms with E-state index in [0.717, 1.165) is 5.46 Å². The number of aromatic nitrogens is 1. The second kappa shape index (κ2) is 5.95. The van der Waals surface area contributed by atoms with E-state index in [4.69, 9.17) is 18.8 Å². The molecular weight excluding hydrogens is 269 g/mol. The van der Waals surface area contributed by atoms with Crippen molar-refractivity contribution in [3.05, 3.63) is 18.3 Å². The predicted octanol–water partition coefficient (Wildman–Crippen LogP) is 1.79. The second-order valence-corrected chi connectivity index (χ2v) is 6.40. The van der Waals surface area contributed by atoms with E-state index in [-0.39, 0.29) is 17.3 Å². The molecule has 2 rings (SSSR count). The van der Waals surface area contributed by atoms with Crippen molar-refractivity contribution in [2.75, 3.05) is 13.7 Å². The molecule has 21 heavy (non-hydrogen) atoms. The van der Waals surface area contributed by atoms with E-state index in [1.807, 2.05) is 46.8 Å². The Morgan fingerprint density at radius 1 is 1.19 bits per heavy atom. The van der Waals surface area contributed by atoms with Crippen LogP contribution in [0.3, 0.4) is 0 Å². The third-order valence-electron chi connectivity index (χ3n) is 4.01. The number of pyridine rings is 1. The van der Waals surface area contributed by atoms with Crippen molar-refractivity contribution < 1.29 is 18.8 Å². The third-order valence-corrected chi connectivity index (χ3v) is 4.01. The summed E-state index contributed by atoms with van der Waals surface area (Å²) in [6.45, 7) is 10.6. The maximum atomic E-state index is 5.99. The largest absolute Gasteiger partial charge is 0.496 e. The molecule has 0 bridgehead atoms. The van der Waals surface area contributed by atoms with E-state index in [9.17, 15) is 0 Å². The van der Waals surface area contributed by atoms with Gasteiger partial charge in [0.05, 0.1) is 17.8 Å². The highest BCUT2D eigenvalue weighted by molar-refractivity contribution is 6.62. The normalized spacial score (nSPS) is 21.3. The van der Waals surface area contributed by atoms with Crippen molar-refractivity contribution in [1.82, 2.24) is 4.98 Å². The Balaban J connectivity index is 2.03. The van der Waals surface area contributed by atoms with Crippen LogP contribution >= 0.6 is 0 Å². The zero-order chi connectivity index (χ0) is 15.7. The van der Waals surface area contributed by atoms with Gasteiger partial charge in [0.15, 0.2) is 0 Å². The molecule has 1 fully saturated rings. The molecule has 1 aromatic heterocycles. The van der Waals surface area contributed by atoms with Crippen LogP contribution < -0.4 is 10.2 Å². The van der Waals surface area contributed by atoms with Crippen molar-refractivity contribution >= 4 is 12.6 Å². The van der Waals surface area contributed by atoms with Crippen LogP contribution in [0.2, 0.25) is 0 Å². The van der Waals surface area contributed by atoms with Crippen molar-refractivity contribution in [3.8, 4) is 5.88 Å². The van der Waals surface area contributed by atoms with Gasteiger partial charge in [-0.05, 0) is 40.7 Å². The molecule has 0 saturated carbocycles. The smallest absolute Gasteiger partial charge is 0.472 e. The number of hydrogen-bond donors (Lipinski definition) is 0. The highest BCUT2D eigenvalue weighted by Crippen LogP contribution is 2.36. The third kappa shape index (κ3) is 3.57. The molecule has 1 atom stereocenters. The standard InChI is InChI=1S/C15H24BNO4/c1-11(10-18-6)19-13-8-7-12(9-17-13)16-20-14(2,3)15(4,5)21-16/h7-9,11H,10H2,1-6H3. The van der Waals surface area contributed by atoms with Crippen LogP contribution in [0.1, 0.15) is 34.6 Å². The zero-order valence-corrected chi connectivity index (χ0v) is 13.7. The maximum Gasteiger partial charge on any atom is 0.496 e. The van der Waals surface area contributed by atoms with Crippen LogP contribution in [0.25, 0.3) is 0 Å². The molecule has 2 heterocycles. The highest BCUT2D eigenvalue weighted by Gasteiger charge is 2.51. The Hall–Kier alpha value is -1.11. The Labute approximate surface area is 127 Å². The lowest BCUT2D eigenvalue weighted by molar-refractivity contribution is 0.00578. The average Bonchev–Trinajstić information content (AvgIpc) is 2.59. The van der Waals surface area contributed by atoms with Gasteiger partial charge in [-0.15, -0.1) is 0 Å². The van der Waals surface area contributed by atoms with Crippen LogP contribution in [-0.4, -0.2) is 43.1 Å². The minimum atomic E-state index is -0.395. The molecule has 0 spiro atoms. The first kappa shape index (κ1) is 16.3. The predicted molar refractivity (Wildman–Crippen MR) is 81.9 cm³/mol. The van der Waals surface area contributed by atoms with E-state index in [1.165, 1.54) is 0 Å². The molecule has 0 radical (unpaired) electrons. The minimum absolute atomic E-state index is 0.0369. The van der Waals surface area contributed by atoms with Crippen LogP contribution in [0, 0.1) is 0 Å². The lowest BCUT2D eigenvalue weighted by Crippen LogP contribution is -2.41. The molecule has 1 saturated heterocycles. The molecule has 1 aliphatic heterocycles. The lowest BCUT2D eigenvalue weighted by atomic mass is 9.80. The van der Waals surface area contributed by atoms with Gasteiger partial charge >= 0.3 is 7.12 Å². The molecule has 0 N–H and O–H groups in total. The van der Waals surface area contributed by atoms with Gasteiger partial charge in [-0.3, -0.25) is 0 Å². The molecular formula is C15H24BNO4. The summed E-state index contributed by atoms with van der Waals surface area (Å²) in [5, 5.41) is 0. The summed E-state index contributed by atoms with van der Waals surface area (Å²) < 4.78 is 22.6. The minimum Gasteiger partial charge on any atom is -0.472 e. The van der Waals surface area contributed by atoms with E-state index < -0.39 is 7.12 Å². The summed E-state index contributed by atoms with van der Waals surface area (Å²) in [7, 11) is 1.25. The number of nitrogens with zero attached hydrogens (tertiary/aromatic N) is 1. The van der Waals surface area contributed by atoms with E-state index >= 15 is 0 Å². The van der Waals surface area contributed by atoms with Gasteiger partial charge < -0.3 is 18.8 Å². The maximum absolute atomic E-state index is 5.99. The fraction of sp³-hybridized carbons (Fsp3) is 0.667. The number of ether oxygens (including phenoxy) is 2. The molecule has 0 aromatic carbocycles. The first-order valence-corrected chi connectivity index (χ1v) is 7.22. The van der Waals surface area contributed by atoms with Gasteiger partial charge in [-0.2, -0.15) is 0 Å². The molecule has 1 aromatic rings. The fourth-order valence-corrected chi connectivity index (χ4v) is 2.05. The van der Waals surface area contributed by atoms with Crippen molar-refractivity contribution in [3.63, 3.8) is 0 Å². The second-order valence-electron chi connectivity index (χ2n) is 6.40. The zero-order valence-electron chi connectivity index (χ0n) is 13.7. The summed E-state index contributed by atoms with van der Waals surface area (Å²) >= 11 is 0. The summed E-state index contributed by atoms with van der Waals surface area (Å²) in [6, 6.07) is 3.75. The van der Waals surface area contributed by atoms with Gasteiger partial charge in [0.2, 0.25) is 5.88 Å². The van der Waals surface area contributed by atoms with Crippen LogP contribution in [0.4, 0.5) is 0 Å². The van der Waals surface area contributed by atoms with Gasteiger partial charge in [-0.1, -0.05) is 6.07 Å². The first-order chi connectivity index (χ1) is 9.75. The quantitative estimate of drug-likeness (QED) is 0.775. The highest BCUT2D eigenvalue weighted by atomic mass is 16.7. The summed E-state index contributed by atoms with van der Waals surface area (Å²) in [6.07, 6.45) is 1.70. The summed E-state index contributed by atoms with van der Waals surface area (Å²) in [5.74, 6) is 0.569. The molecule has 0 amide bonds. The fourth-order valence-electron chi connectivity index (χ4n) is 2.05. The number of methoxy groups -OCH3 is 1. The Morgan fingerprint density at radius 3 is 2.29 bits per heavy atom. The Bertz CT molecular complexity index is 459. The van der Waals surface area contributed by atoms with Gasteiger partial charge in [-0.25, -0.2) is 4.98 Å². The summed E-state index contributed by atoms with van der Waals surface area (Å²) in [4.78, 5) is 4.30. The van der Waals surface area contributed by atoms with Gasteiger partial charge in [0, 0.05) is 18.8 Å². The molecule has 5 nitrogen and oxygen atoms in total. The van der Waals surface area contributed by atoms with Crippen LogP contribution in [0.5, 0.6) is 5.88 Å². The number of hydrogen-bond acceptors (Lipinski definition) is 5. The first-order valence-electron chi connectivity index (χ1n) is 7.22. The van der Waals surface area contributed by atoms with Crippen molar-refractivity contribution in [2.24, 2.45) is 0 Å². The van der Waals surface area contributed by atoms with E-state index in [2.05, 4.69) is 4.98 Å². The molecule has 116 valence electrons. The van der Waals surface area contributed by atoms with E-state index in [1.54, 1.807) is 13.3 Å². The average molecular weight is 293 g/mol. The molecule has 0 aliphatic carbocycles. The lowest BCUT2D eigenvalue weighted by Gasteiger charge is -2.32. The van der Waals surface area contributed by atoms with Crippen molar-refractivity contribution in [2.45, 2.75) is 51.9 Å². The molecule has 1 aliphatic rings. The molecule has 1 unspecified atom stereocenters. The van der Waals surface area contributed by atoms with Crippen molar-refractivity contribution in [1.29, 1.82) is 0 Å². The van der Waals surface area contributed by atoms with E-state index in [0.29, 0.717) is 12.5 Å². The summed E-state index contributed by atoms with van der Waals surface area (Å²) in [5.41, 5.74) is 0.194. The van der Waals surface area contributed by atoms with Crippen LogP contribution in [0.15, 0.2) is 18.3 Å². The Morgan fingerprint density at radius 2 is 1.81 bits per heavy atom. The monoisotopic (exact) mass is 293 g/mol.